The van der Waals surface area contributed by atoms with Crippen LogP contribution >= 0.6 is 11.8 Å². The molecule has 1 N–H and O–H groups in total. The normalized spacial score (nSPS) is 14.0. The second kappa shape index (κ2) is 8.17. The Hall–Kier alpha value is -1.56. The number of hydrogen-bond acceptors (Lipinski definition) is 5. The molecule has 0 saturated heterocycles. The molecule has 1 heterocycles. The summed E-state index contributed by atoms with van der Waals surface area (Å²) in [6.45, 7) is 9.27. The molecule has 2 atom stereocenters. The zero-order valence-corrected chi connectivity index (χ0v) is 14.6. The Bertz CT molecular complexity index is 500. The van der Waals surface area contributed by atoms with Crippen LogP contribution in [0.25, 0.3) is 0 Å². The van der Waals surface area contributed by atoms with E-state index in [9.17, 15) is 9.59 Å². The summed E-state index contributed by atoms with van der Waals surface area (Å²) in [5, 5.41) is 3.16. The van der Waals surface area contributed by atoms with Crippen LogP contribution in [0.1, 0.15) is 41.0 Å². The van der Waals surface area contributed by atoms with E-state index in [1.54, 1.807) is 39.1 Å². The molecule has 1 rings (SSSR count). The molecule has 0 unspecified atom stereocenters. The molecule has 1 aromatic rings. The summed E-state index contributed by atoms with van der Waals surface area (Å²) in [7, 11) is 0. The average molecular weight is 324 g/mol. The van der Waals surface area contributed by atoms with Crippen molar-refractivity contribution in [2.75, 3.05) is 0 Å². The fraction of sp³-hybridized carbons (Fsp3) is 0.562. The van der Waals surface area contributed by atoms with Gasteiger partial charge in [0.2, 0.25) is 5.12 Å². The fourth-order valence-electron chi connectivity index (χ4n) is 1.68. The third kappa shape index (κ3) is 6.47. The second-order valence-corrected chi connectivity index (χ2v) is 7.12. The summed E-state index contributed by atoms with van der Waals surface area (Å²) in [5.74, 6) is 0.0104. The molecule has 122 valence electrons. The summed E-state index contributed by atoms with van der Waals surface area (Å²) in [6.07, 6.45) is 1.83. The number of pyridine rings is 1. The number of rotatable bonds is 5. The number of alkyl carbamates (subject to hydrolysis) is 1. The molecule has 0 radical (unpaired) electrons. The zero-order valence-electron chi connectivity index (χ0n) is 13.8. The molecule has 22 heavy (non-hydrogen) atoms. The molecule has 6 heteroatoms. The van der Waals surface area contributed by atoms with Crippen LogP contribution in [0.5, 0.6) is 0 Å². The fourth-order valence-corrected chi connectivity index (χ4v) is 2.56. The van der Waals surface area contributed by atoms with Crippen molar-refractivity contribution in [3.05, 3.63) is 24.4 Å². The number of nitrogens with one attached hydrogen (secondary N) is 1. The van der Waals surface area contributed by atoms with E-state index < -0.39 is 17.7 Å². The van der Waals surface area contributed by atoms with Crippen molar-refractivity contribution in [2.45, 2.75) is 57.7 Å². The van der Waals surface area contributed by atoms with Gasteiger partial charge in [0.05, 0.1) is 0 Å². The molecule has 0 aliphatic heterocycles. The van der Waals surface area contributed by atoms with Gasteiger partial charge >= 0.3 is 6.09 Å². The number of amides is 1. The van der Waals surface area contributed by atoms with Gasteiger partial charge in [0.1, 0.15) is 16.7 Å². The Balaban J connectivity index is 2.75. The molecule has 0 spiro atoms. The van der Waals surface area contributed by atoms with Gasteiger partial charge in [-0.2, -0.15) is 0 Å². The molecule has 0 fully saturated rings. The molecule has 1 amide bonds. The van der Waals surface area contributed by atoms with Crippen molar-refractivity contribution in [3.63, 3.8) is 0 Å². The number of aromatic nitrogens is 1. The number of carbonyl (C=O) groups is 2. The van der Waals surface area contributed by atoms with Crippen molar-refractivity contribution in [3.8, 4) is 0 Å². The van der Waals surface area contributed by atoms with Crippen LogP contribution in [0.4, 0.5) is 4.79 Å². The van der Waals surface area contributed by atoms with E-state index >= 15 is 0 Å². The van der Waals surface area contributed by atoms with E-state index in [0.29, 0.717) is 5.03 Å². The van der Waals surface area contributed by atoms with Gasteiger partial charge in [-0.1, -0.05) is 26.3 Å². The van der Waals surface area contributed by atoms with E-state index in [1.807, 2.05) is 19.9 Å². The van der Waals surface area contributed by atoms with E-state index in [4.69, 9.17) is 4.74 Å². The van der Waals surface area contributed by atoms with Gasteiger partial charge < -0.3 is 10.1 Å². The molecule has 0 bridgehead atoms. The smallest absolute Gasteiger partial charge is 0.408 e. The highest BCUT2D eigenvalue weighted by Gasteiger charge is 2.29. The van der Waals surface area contributed by atoms with Gasteiger partial charge in [-0.3, -0.25) is 4.79 Å². The van der Waals surface area contributed by atoms with Gasteiger partial charge in [-0.15, -0.1) is 0 Å². The highest BCUT2D eigenvalue weighted by atomic mass is 32.2. The van der Waals surface area contributed by atoms with Gasteiger partial charge in [0, 0.05) is 6.20 Å². The van der Waals surface area contributed by atoms with Crippen molar-refractivity contribution >= 4 is 23.0 Å². The Morgan fingerprint density at radius 3 is 2.55 bits per heavy atom. The van der Waals surface area contributed by atoms with Crippen LogP contribution in [0.3, 0.4) is 0 Å². The molecular formula is C16H24N2O3S. The van der Waals surface area contributed by atoms with Crippen LogP contribution in [0, 0.1) is 5.92 Å². The molecule has 1 aromatic heterocycles. The van der Waals surface area contributed by atoms with Gasteiger partial charge in [0.15, 0.2) is 0 Å². The number of carbonyl (C=O) groups excluding carboxylic acids is 2. The summed E-state index contributed by atoms with van der Waals surface area (Å²) in [4.78, 5) is 28.5. The number of nitrogens with zero attached hydrogens (tertiary/aromatic N) is 1. The minimum Gasteiger partial charge on any atom is -0.444 e. The predicted molar refractivity (Wildman–Crippen MR) is 87.7 cm³/mol. The van der Waals surface area contributed by atoms with Gasteiger partial charge in [-0.05, 0) is 50.6 Å². The summed E-state index contributed by atoms with van der Waals surface area (Å²) >= 11 is 1.04. The highest BCUT2D eigenvalue weighted by molar-refractivity contribution is 8.13. The molecule has 0 aliphatic carbocycles. The predicted octanol–water partition coefficient (Wildman–Crippen LogP) is 3.64. The SMILES string of the molecule is CC[C@H](C)[C@H](NC(=O)OC(C)(C)C)C(=O)Sc1ccccn1. The first-order chi connectivity index (χ1) is 10.2. The lowest BCUT2D eigenvalue weighted by molar-refractivity contribution is -0.113. The largest absolute Gasteiger partial charge is 0.444 e. The molecule has 5 nitrogen and oxygen atoms in total. The summed E-state index contributed by atoms with van der Waals surface area (Å²) in [6, 6.07) is 4.78. The van der Waals surface area contributed by atoms with Crippen molar-refractivity contribution < 1.29 is 14.3 Å². The van der Waals surface area contributed by atoms with Crippen LogP contribution in [-0.2, 0) is 9.53 Å². The minimum absolute atomic E-state index is 0.0104. The Kier molecular flexibility index (Phi) is 6.87. The van der Waals surface area contributed by atoms with E-state index in [1.165, 1.54) is 0 Å². The van der Waals surface area contributed by atoms with Gasteiger partial charge in [-0.25, -0.2) is 9.78 Å². The van der Waals surface area contributed by atoms with Crippen molar-refractivity contribution in [1.29, 1.82) is 0 Å². The molecular weight excluding hydrogens is 300 g/mol. The third-order valence-corrected chi connectivity index (χ3v) is 3.89. The van der Waals surface area contributed by atoms with E-state index in [2.05, 4.69) is 10.3 Å². The summed E-state index contributed by atoms with van der Waals surface area (Å²) in [5.41, 5.74) is -0.596. The average Bonchev–Trinajstić information content (AvgIpc) is 2.43. The lowest BCUT2D eigenvalue weighted by Gasteiger charge is -2.25. The maximum atomic E-state index is 12.5. The standard InChI is InChI=1S/C16H24N2O3S/c1-6-11(2)13(18-15(20)21-16(3,4)5)14(19)22-12-9-7-8-10-17-12/h7-11,13H,6H2,1-5H3,(H,18,20)/t11-,13-/m0/s1. The van der Waals surface area contributed by atoms with Crippen molar-refractivity contribution in [2.24, 2.45) is 5.92 Å². The van der Waals surface area contributed by atoms with Crippen LogP contribution < -0.4 is 5.32 Å². The summed E-state index contributed by atoms with van der Waals surface area (Å²) < 4.78 is 5.24. The lowest BCUT2D eigenvalue weighted by atomic mass is 10.0. The highest BCUT2D eigenvalue weighted by Crippen LogP contribution is 2.22. The first-order valence-corrected chi connectivity index (χ1v) is 8.17. The second-order valence-electron chi connectivity index (χ2n) is 6.10. The van der Waals surface area contributed by atoms with E-state index in [0.717, 1.165) is 18.2 Å². The van der Waals surface area contributed by atoms with Crippen LogP contribution in [-0.4, -0.2) is 27.8 Å². The molecule has 0 saturated carbocycles. The Morgan fingerprint density at radius 2 is 2.05 bits per heavy atom. The maximum absolute atomic E-state index is 12.5. The number of hydrogen-bond donors (Lipinski definition) is 1. The maximum Gasteiger partial charge on any atom is 0.408 e. The number of ether oxygens (including phenoxy) is 1. The minimum atomic E-state index is -0.605. The van der Waals surface area contributed by atoms with Gasteiger partial charge in [0.25, 0.3) is 0 Å². The zero-order chi connectivity index (χ0) is 16.8. The van der Waals surface area contributed by atoms with Crippen LogP contribution in [0.2, 0.25) is 0 Å². The lowest BCUT2D eigenvalue weighted by Crippen LogP contribution is -2.46. The Labute approximate surface area is 136 Å². The Morgan fingerprint density at radius 1 is 1.36 bits per heavy atom. The quantitative estimate of drug-likeness (QED) is 0.838. The van der Waals surface area contributed by atoms with Crippen LogP contribution in [0.15, 0.2) is 29.4 Å². The molecule has 0 aliphatic rings. The topological polar surface area (TPSA) is 68.3 Å². The number of thioether (sulfide) groups is 1. The molecule has 0 aromatic carbocycles. The first kappa shape index (κ1) is 18.5. The van der Waals surface area contributed by atoms with E-state index in [-0.39, 0.29) is 11.0 Å². The first-order valence-electron chi connectivity index (χ1n) is 7.35. The third-order valence-electron chi connectivity index (χ3n) is 2.98. The van der Waals surface area contributed by atoms with Crippen molar-refractivity contribution in [1.82, 2.24) is 10.3 Å². The monoisotopic (exact) mass is 324 g/mol.